The molecule has 0 aromatic heterocycles. The maximum atomic E-state index is 6.35. The largest absolute Gasteiger partial charge is 0.374 e. The summed E-state index contributed by atoms with van der Waals surface area (Å²) in [6.07, 6.45) is -0.609. The highest BCUT2D eigenvalue weighted by Crippen LogP contribution is 2.29. The van der Waals surface area contributed by atoms with Gasteiger partial charge in [-0.2, -0.15) is 0 Å². The third-order valence-corrected chi connectivity index (χ3v) is 5.51. The quantitative estimate of drug-likeness (QED) is 0.456. The lowest BCUT2D eigenvalue weighted by molar-refractivity contribution is -0.0897. The lowest BCUT2D eigenvalue weighted by Crippen LogP contribution is -2.38. The molecule has 0 saturated carbocycles. The molecule has 1 saturated heterocycles. The summed E-state index contributed by atoms with van der Waals surface area (Å²) in [7, 11) is 0. The maximum absolute atomic E-state index is 6.35. The van der Waals surface area contributed by atoms with E-state index in [0.29, 0.717) is 26.4 Å². The molecule has 0 amide bonds. The summed E-state index contributed by atoms with van der Waals surface area (Å²) in [5.41, 5.74) is 3.42. The van der Waals surface area contributed by atoms with Crippen molar-refractivity contribution in [3.8, 4) is 0 Å². The van der Waals surface area contributed by atoms with Gasteiger partial charge in [0.05, 0.1) is 32.5 Å². The minimum Gasteiger partial charge on any atom is -0.374 e. The lowest BCUT2D eigenvalue weighted by Gasteiger charge is -2.24. The Morgan fingerprint density at radius 2 is 1.06 bits per heavy atom. The van der Waals surface area contributed by atoms with Crippen LogP contribution < -0.4 is 0 Å². The standard InChI is InChI=1S/C27H30O4/c1-21-26(29-18-23-13-7-3-8-14-23)27(30-19-24-15-9-4-10-16-24)25(31-21)20-28-17-22-11-5-2-6-12-22/h2-16,21,25-27H,17-20H2,1H3/t21-,25-,26+,27+/m1/s1. The fraction of sp³-hybridized carbons (Fsp3) is 0.333. The summed E-state index contributed by atoms with van der Waals surface area (Å²) in [6.45, 7) is 4.11. The van der Waals surface area contributed by atoms with Crippen LogP contribution in [0.15, 0.2) is 91.0 Å². The van der Waals surface area contributed by atoms with Gasteiger partial charge >= 0.3 is 0 Å². The highest BCUT2D eigenvalue weighted by atomic mass is 16.6. The minimum atomic E-state index is -0.199. The molecule has 4 rings (SSSR count). The van der Waals surface area contributed by atoms with Crippen LogP contribution in [0.4, 0.5) is 0 Å². The third-order valence-electron chi connectivity index (χ3n) is 5.51. The normalized spacial score (nSPS) is 23.1. The van der Waals surface area contributed by atoms with E-state index in [1.807, 2.05) is 61.5 Å². The Balaban J connectivity index is 1.39. The second-order valence-corrected chi connectivity index (χ2v) is 7.90. The molecule has 3 aromatic carbocycles. The van der Waals surface area contributed by atoms with Crippen molar-refractivity contribution >= 4 is 0 Å². The Hall–Kier alpha value is -2.50. The first-order chi connectivity index (χ1) is 15.3. The van der Waals surface area contributed by atoms with E-state index in [0.717, 1.165) is 16.7 Å². The van der Waals surface area contributed by atoms with Crippen molar-refractivity contribution in [1.82, 2.24) is 0 Å². The number of ether oxygens (including phenoxy) is 4. The van der Waals surface area contributed by atoms with E-state index >= 15 is 0 Å². The van der Waals surface area contributed by atoms with E-state index in [1.54, 1.807) is 0 Å². The van der Waals surface area contributed by atoms with Gasteiger partial charge in [-0.05, 0) is 23.6 Å². The molecule has 0 bridgehead atoms. The van der Waals surface area contributed by atoms with Gasteiger partial charge in [-0.25, -0.2) is 0 Å². The van der Waals surface area contributed by atoms with Gasteiger partial charge in [0.2, 0.25) is 0 Å². The minimum absolute atomic E-state index is 0.0742. The van der Waals surface area contributed by atoms with Gasteiger partial charge in [0.1, 0.15) is 18.3 Å². The van der Waals surface area contributed by atoms with E-state index in [4.69, 9.17) is 18.9 Å². The van der Waals surface area contributed by atoms with Gasteiger partial charge in [0.25, 0.3) is 0 Å². The van der Waals surface area contributed by atoms with Crippen LogP contribution in [0.3, 0.4) is 0 Å². The zero-order chi connectivity index (χ0) is 21.3. The van der Waals surface area contributed by atoms with Crippen LogP contribution in [0.1, 0.15) is 23.6 Å². The second-order valence-electron chi connectivity index (χ2n) is 7.90. The molecule has 162 valence electrons. The maximum Gasteiger partial charge on any atom is 0.115 e. The highest BCUT2D eigenvalue weighted by Gasteiger charge is 2.44. The molecule has 0 N–H and O–H groups in total. The molecular weight excluding hydrogens is 388 g/mol. The Bertz CT molecular complexity index is 885. The number of benzene rings is 3. The van der Waals surface area contributed by atoms with Gasteiger partial charge in [-0.15, -0.1) is 0 Å². The van der Waals surface area contributed by atoms with Crippen molar-refractivity contribution in [1.29, 1.82) is 0 Å². The van der Waals surface area contributed by atoms with Gasteiger partial charge in [-0.3, -0.25) is 0 Å². The predicted molar refractivity (Wildman–Crippen MR) is 120 cm³/mol. The summed E-state index contributed by atoms with van der Waals surface area (Å²) in [5.74, 6) is 0. The van der Waals surface area contributed by atoms with Gasteiger partial charge in [0.15, 0.2) is 0 Å². The van der Waals surface area contributed by atoms with Crippen LogP contribution in [0, 0.1) is 0 Å². The first kappa shape index (κ1) is 21.7. The van der Waals surface area contributed by atoms with Crippen LogP contribution in [-0.4, -0.2) is 31.0 Å². The molecule has 4 atom stereocenters. The highest BCUT2D eigenvalue weighted by molar-refractivity contribution is 5.15. The van der Waals surface area contributed by atoms with Gasteiger partial charge in [-0.1, -0.05) is 91.0 Å². The van der Waals surface area contributed by atoms with E-state index in [1.165, 1.54) is 0 Å². The van der Waals surface area contributed by atoms with E-state index in [2.05, 4.69) is 36.4 Å². The smallest absolute Gasteiger partial charge is 0.115 e. The molecule has 0 unspecified atom stereocenters. The van der Waals surface area contributed by atoms with Crippen molar-refractivity contribution in [2.24, 2.45) is 0 Å². The zero-order valence-corrected chi connectivity index (χ0v) is 17.9. The Labute approximate surface area is 184 Å². The van der Waals surface area contributed by atoms with Crippen molar-refractivity contribution in [3.05, 3.63) is 108 Å². The average molecular weight is 419 g/mol. The molecule has 3 aromatic rings. The Morgan fingerprint density at radius 3 is 1.58 bits per heavy atom. The predicted octanol–water partition coefficient (Wildman–Crippen LogP) is 5.16. The van der Waals surface area contributed by atoms with Crippen LogP contribution in [0.2, 0.25) is 0 Å². The molecule has 0 radical (unpaired) electrons. The molecule has 1 heterocycles. The second kappa shape index (κ2) is 11.2. The van der Waals surface area contributed by atoms with Crippen LogP contribution in [0.5, 0.6) is 0 Å². The van der Waals surface area contributed by atoms with E-state index in [9.17, 15) is 0 Å². The average Bonchev–Trinajstić information content (AvgIpc) is 3.12. The molecule has 4 nitrogen and oxygen atoms in total. The van der Waals surface area contributed by atoms with Gasteiger partial charge < -0.3 is 18.9 Å². The molecule has 1 aliphatic rings. The van der Waals surface area contributed by atoms with Crippen molar-refractivity contribution in [2.75, 3.05) is 6.61 Å². The van der Waals surface area contributed by atoms with Crippen molar-refractivity contribution in [3.63, 3.8) is 0 Å². The van der Waals surface area contributed by atoms with Crippen molar-refractivity contribution in [2.45, 2.75) is 51.2 Å². The van der Waals surface area contributed by atoms with Crippen LogP contribution in [0.25, 0.3) is 0 Å². The molecule has 1 fully saturated rings. The molecular formula is C27H30O4. The molecule has 31 heavy (non-hydrogen) atoms. The zero-order valence-electron chi connectivity index (χ0n) is 17.9. The summed E-state index contributed by atoms with van der Waals surface area (Å²) < 4.78 is 24.8. The fourth-order valence-electron chi connectivity index (χ4n) is 3.88. The monoisotopic (exact) mass is 418 g/mol. The number of rotatable bonds is 10. The summed E-state index contributed by atoms with van der Waals surface area (Å²) in [4.78, 5) is 0. The fourth-order valence-corrected chi connectivity index (χ4v) is 3.88. The number of hydrogen-bond acceptors (Lipinski definition) is 4. The first-order valence-electron chi connectivity index (χ1n) is 10.9. The summed E-state index contributed by atoms with van der Waals surface area (Å²) in [5, 5.41) is 0. The first-order valence-corrected chi connectivity index (χ1v) is 10.9. The molecule has 4 heteroatoms. The molecule has 0 aliphatic carbocycles. The van der Waals surface area contributed by atoms with E-state index < -0.39 is 0 Å². The topological polar surface area (TPSA) is 36.9 Å². The Morgan fingerprint density at radius 1 is 0.613 bits per heavy atom. The van der Waals surface area contributed by atoms with Crippen LogP contribution in [-0.2, 0) is 38.8 Å². The summed E-state index contributed by atoms with van der Waals surface area (Å²) >= 11 is 0. The van der Waals surface area contributed by atoms with Gasteiger partial charge in [0, 0.05) is 0 Å². The Kier molecular flexibility index (Phi) is 7.86. The lowest BCUT2D eigenvalue weighted by atomic mass is 10.1. The van der Waals surface area contributed by atoms with Crippen LogP contribution >= 0.6 is 0 Å². The summed E-state index contributed by atoms with van der Waals surface area (Å²) in [6, 6.07) is 30.6. The molecule has 1 aliphatic heterocycles. The third kappa shape index (κ3) is 6.25. The number of hydrogen-bond donors (Lipinski definition) is 0. The SMILES string of the molecule is C[C@H]1O[C@H](COCc2ccccc2)[C@H](OCc2ccccc2)[C@H]1OCc1ccccc1. The van der Waals surface area contributed by atoms with E-state index in [-0.39, 0.29) is 24.4 Å². The van der Waals surface area contributed by atoms with Crippen molar-refractivity contribution < 1.29 is 18.9 Å². The molecule has 0 spiro atoms.